The second-order valence-electron chi connectivity index (χ2n) is 4.02. The molecule has 0 aliphatic carbocycles. The highest BCUT2D eigenvalue weighted by molar-refractivity contribution is 6.30. The highest BCUT2D eigenvalue weighted by atomic mass is 35.5. The number of hydrogen-bond acceptors (Lipinski definition) is 6. The van der Waals surface area contributed by atoms with Gasteiger partial charge in [0.2, 0.25) is 11.9 Å². The summed E-state index contributed by atoms with van der Waals surface area (Å²) in [6.45, 7) is 0. The minimum absolute atomic E-state index is 0.181. The van der Waals surface area contributed by atoms with Crippen LogP contribution in [-0.2, 0) is 0 Å². The molecule has 0 aliphatic heterocycles. The summed E-state index contributed by atoms with van der Waals surface area (Å²) in [6, 6.07) is 7.12. The fourth-order valence-corrected chi connectivity index (χ4v) is 1.73. The van der Waals surface area contributed by atoms with E-state index >= 15 is 0 Å². The standard InChI is InChI=1S/C13H11ClN6O/c1-15-11-17-12(20-7-6-16-8-20)19-13(18-11)21-10-4-2-9(14)3-5-10/h2-8H,1H3,(H,15,17,18,19). The van der Waals surface area contributed by atoms with Crippen LogP contribution in [0, 0.1) is 0 Å². The Kier molecular flexibility index (Phi) is 3.65. The van der Waals surface area contributed by atoms with E-state index in [0.717, 1.165) is 0 Å². The Labute approximate surface area is 125 Å². The first-order valence-electron chi connectivity index (χ1n) is 6.10. The summed E-state index contributed by atoms with van der Waals surface area (Å²) in [4.78, 5) is 16.6. The lowest BCUT2D eigenvalue weighted by Crippen LogP contribution is -2.06. The summed E-state index contributed by atoms with van der Waals surface area (Å²) in [5, 5.41) is 3.50. The van der Waals surface area contributed by atoms with E-state index in [-0.39, 0.29) is 6.01 Å². The van der Waals surface area contributed by atoms with E-state index in [0.29, 0.717) is 22.7 Å². The van der Waals surface area contributed by atoms with Gasteiger partial charge in [0, 0.05) is 24.5 Å². The van der Waals surface area contributed by atoms with Crippen molar-refractivity contribution in [2.75, 3.05) is 12.4 Å². The normalized spacial score (nSPS) is 10.4. The van der Waals surface area contributed by atoms with E-state index in [1.54, 1.807) is 54.6 Å². The maximum absolute atomic E-state index is 5.84. The largest absolute Gasteiger partial charge is 0.424 e. The minimum atomic E-state index is 0.181. The number of hydrogen-bond donors (Lipinski definition) is 1. The van der Waals surface area contributed by atoms with Gasteiger partial charge in [0.05, 0.1) is 0 Å². The van der Waals surface area contributed by atoms with Gasteiger partial charge >= 0.3 is 6.01 Å². The zero-order chi connectivity index (χ0) is 14.7. The van der Waals surface area contributed by atoms with Crippen LogP contribution in [0.15, 0.2) is 43.0 Å². The summed E-state index contributed by atoms with van der Waals surface area (Å²) in [5.74, 6) is 1.40. The molecule has 0 saturated carbocycles. The molecule has 0 bridgehead atoms. The minimum Gasteiger partial charge on any atom is -0.424 e. The Morgan fingerprint density at radius 1 is 1.14 bits per heavy atom. The Morgan fingerprint density at radius 2 is 1.95 bits per heavy atom. The van der Waals surface area contributed by atoms with Crippen molar-refractivity contribution in [1.82, 2.24) is 24.5 Å². The summed E-state index contributed by atoms with van der Waals surface area (Å²) in [6.07, 6.45) is 4.98. The van der Waals surface area contributed by atoms with Crippen molar-refractivity contribution in [3.05, 3.63) is 48.0 Å². The van der Waals surface area contributed by atoms with Crippen LogP contribution >= 0.6 is 11.6 Å². The summed E-state index contributed by atoms with van der Waals surface area (Å²) >= 11 is 5.84. The third kappa shape index (κ3) is 3.09. The fraction of sp³-hybridized carbons (Fsp3) is 0.0769. The molecule has 8 heteroatoms. The number of ether oxygens (including phenoxy) is 1. The van der Waals surface area contributed by atoms with Gasteiger partial charge in [-0.05, 0) is 24.3 Å². The molecule has 21 heavy (non-hydrogen) atoms. The van der Waals surface area contributed by atoms with Crippen LogP contribution in [-0.4, -0.2) is 31.6 Å². The van der Waals surface area contributed by atoms with Crippen molar-refractivity contribution in [2.24, 2.45) is 0 Å². The molecule has 0 amide bonds. The van der Waals surface area contributed by atoms with Crippen LogP contribution in [0.2, 0.25) is 5.02 Å². The van der Waals surface area contributed by atoms with Crippen LogP contribution in [0.1, 0.15) is 0 Å². The molecule has 106 valence electrons. The average molecular weight is 303 g/mol. The molecule has 2 aromatic heterocycles. The number of imidazole rings is 1. The van der Waals surface area contributed by atoms with Crippen molar-refractivity contribution in [1.29, 1.82) is 0 Å². The van der Waals surface area contributed by atoms with E-state index < -0.39 is 0 Å². The van der Waals surface area contributed by atoms with Gasteiger partial charge in [-0.15, -0.1) is 0 Å². The molecule has 0 aliphatic rings. The van der Waals surface area contributed by atoms with Gasteiger partial charge < -0.3 is 10.1 Å². The SMILES string of the molecule is CNc1nc(Oc2ccc(Cl)cc2)nc(-n2ccnc2)n1. The van der Waals surface area contributed by atoms with Crippen molar-refractivity contribution in [2.45, 2.75) is 0 Å². The zero-order valence-electron chi connectivity index (χ0n) is 11.1. The van der Waals surface area contributed by atoms with E-state index in [1.807, 2.05) is 0 Å². The van der Waals surface area contributed by atoms with Crippen LogP contribution in [0.25, 0.3) is 5.95 Å². The molecule has 3 aromatic rings. The molecule has 0 radical (unpaired) electrons. The molecule has 0 unspecified atom stereocenters. The first kappa shape index (κ1) is 13.3. The third-order valence-electron chi connectivity index (χ3n) is 2.58. The molecule has 1 N–H and O–H groups in total. The van der Waals surface area contributed by atoms with Gasteiger partial charge in [0.15, 0.2) is 0 Å². The summed E-state index contributed by atoms with van der Waals surface area (Å²) in [5.41, 5.74) is 0. The molecule has 0 fully saturated rings. The second-order valence-corrected chi connectivity index (χ2v) is 4.45. The number of rotatable bonds is 4. The molecule has 7 nitrogen and oxygen atoms in total. The summed E-state index contributed by atoms with van der Waals surface area (Å²) in [7, 11) is 1.72. The Bertz CT molecular complexity index is 729. The number of nitrogens with zero attached hydrogens (tertiary/aromatic N) is 5. The lowest BCUT2D eigenvalue weighted by atomic mass is 10.3. The number of nitrogens with one attached hydrogen (secondary N) is 1. The first-order valence-corrected chi connectivity index (χ1v) is 6.48. The topological polar surface area (TPSA) is 77.8 Å². The number of halogens is 1. The van der Waals surface area contributed by atoms with Gasteiger partial charge in [-0.2, -0.15) is 15.0 Å². The van der Waals surface area contributed by atoms with Gasteiger partial charge in [0.1, 0.15) is 12.1 Å². The predicted molar refractivity (Wildman–Crippen MR) is 78.0 cm³/mol. The third-order valence-corrected chi connectivity index (χ3v) is 2.84. The quantitative estimate of drug-likeness (QED) is 0.798. The lowest BCUT2D eigenvalue weighted by molar-refractivity contribution is 0.439. The average Bonchev–Trinajstić information content (AvgIpc) is 3.04. The van der Waals surface area contributed by atoms with Gasteiger partial charge in [-0.25, -0.2) is 4.98 Å². The maximum atomic E-state index is 5.84. The van der Waals surface area contributed by atoms with E-state index in [1.165, 1.54) is 0 Å². The zero-order valence-corrected chi connectivity index (χ0v) is 11.8. The van der Waals surface area contributed by atoms with E-state index in [9.17, 15) is 0 Å². The maximum Gasteiger partial charge on any atom is 0.328 e. The first-order chi connectivity index (χ1) is 10.2. The fourth-order valence-electron chi connectivity index (χ4n) is 1.60. The van der Waals surface area contributed by atoms with Crippen molar-refractivity contribution < 1.29 is 4.74 Å². The number of aromatic nitrogens is 5. The van der Waals surface area contributed by atoms with E-state index in [4.69, 9.17) is 16.3 Å². The molecule has 2 heterocycles. The van der Waals surface area contributed by atoms with Crippen LogP contribution in [0.3, 0.4) is 0 Å². The monoisotopic (exact) mass is 302 g/mol. The highest BCUT2D eigenvalue weighted by Gasteiger charge is 2.09. The molecular formula is C13H11ClN6O. The molecule has 1 aromatic carbocycles. The van der Waals surface area contributed by atoms with Crippen LogP contribution < -0.4 is 10.1 Å². The summed E-state index contributed by atoms with van der Waals surface area (Å²) < 4.78 is 7.28. The van der Waals surface area contributed by atoms with Crippen molar-refractivity contribution >= 4 is 17.5 Å². The van der Waals surface area contributed by atoms with Gasteiger partial charge in [-0.3, -0.25) is 4.57 Å². The Balaban J connectivity index is 1.94. The van der Waals surface area contributed by atoms with Gasteiger partial charge in [-0.1, -0.05) is 11.6 Å². The Morgan fingerprint density at radius 3 is 2.62 bits per heavy atom. The van der Waals surface area contributed by atoms with Gasteiger partial charge in [0.25, 0.3) is 0 Å². The molecular weight excluding hydrogens is 292 g/mol. The predicted octanol–water partition coefficient (Wildman–Crippen LogP) is 2.54. The Hall–Kier alpha value is -2.67. The second kappa shape index (κ2) is 5.76. The lowest BCUT2D eigenvalue weighted by Gasteiger charge is -2.08. The molecule has 3 rings (SSSR count). The van der Waals surface area contributed by atoms with Crippen molar-refractivity contribution in [3.63, 3.8) is 0 Å². The number of anilines is 1. The smallest absolute Gasteiger partial charge is 0.328 e. The van der Waals surface area contributed by atoms with Crippen LogP contribution in [0.4, 0.5) is 5.95 Å². The number of benzene rings is 1. The van der Waals surface area contributed by atoms with Crippen molar-refractivity contribution in [3.8, 4) is 17.7 Å². The van der Waals surface area contributed by atoms with E-state index in [2.05, 4.69) is 25.3 Å². The molecule has 0 saturated heterocycles. The molecule has 0 atom stereocenters. The molecule has 0 spiro atoms. The van der Waals surface area contributed by atoms with Crippen LogP contribution in [0.5, 0.6) is 11.8 Å². The highest BCUT2D eigenvalue weighted by Crippen LogP contribution is 2.21.